The summed E-state index contributed by atoms with van der Waals surface area (Å²) in [6, 6.07) is 15.9. The van der Waals surface area contributed by atoms with Crippen molar-refractivity contribution >= 4 is 11.8 Å². The third-order valence-corrected chi connectivity index (χ3v) is 6.06. The fourth-order valence-electron chi connectivity index (χ4n) is 4.26. The molecule has 2 amide bonds. The summed E-state index contributed by atoms with van der Waals surface area (Å²) in [6.07, 6.45) is 2.15. The van der Waals surface area contributed by atoms with E-state index in [1.54, 1.807) is 0 Å². The Kier molecular flexibility index (Phi) is 7.54. The lowest BCUT2D eigenvalue weighted by Crippen LogP contribution is -2.42. The minimum atomic E-state index is -0.261. The molecular weight excluding hydrogens is 442 g/mol. The Labute approximate surface area is 206 Å². The third kappa shape index (κ3) is 5.73. The molecule has 0 unspecified atom stereocenters. The SMILES string of the molecule is CC(C)CNC(=O)c1coc(COc2ccc3c(c2)[C@H](c2ccccc2)N(C(=O)C(C)C)CC3)n1. The van der Waals surface area contributed by atoms with Crippen molar-refractivity contribution in [3.63, 3.8) is 0 Å². The number of fused-ring (bicyclic) bond motifs is 1. The highest BCUT2D eigenvalue weighted by Gasteiger charge is 2.33. The van der Waals surface area contributed by atoms with E-state index in [1.807, 2.05) is 62.9 Å². The van der Waals surface area contributed by atoms with Gasteiger partial charge in [0.05, 0.1) is 6.04 Å². The van der Waals surface area contributed by atoms with Gasteiger partial charge in [-0.05, 0) is 41.2 Å². The molecule has 3 aromatic rings. The fourth-order valence-corrected chi connectivity index (χ4v) is 4.26. The number of carbonyl (C=O) groups is 2. The topological polar surface area (TPSA) is 84.7 Å². The predicted octanol–water partition coefficient (Wildman–Crippen LogP) is 4.77. The van der Waals surface area contributed by atoms with E-state index in [1.165, 1.54) is 11.8 Å². The lowest BCUT2D eigenvalue weighted by atomic mass is 9.87. The molecule has 1 N–H and O–H groups in total. The molecule has 0 aliphatic carbocycles. The van der Waals surface area contributed by atoms with Crippen molar-refractivity contribution in [1.82, 2.24) is 15.2 Å². The zero-order valence-electron chi connectivity index (χ0n) is 20.8. The van der Waals surface area contributed by atoms with Crippen molar-refractivity contribution in [2.75, 3.05) is 13.1 Å². The van der Waals surface area contributed by atoms with Gasteiger partial charge >= 0.3 is 0 Å². The number of hydrogen-bond acceptors (Lipinski definition) is 5. The summed E-state index contributed by atoms with van der Waals surface area (Å²) in [6.45, 7) is 9.29. The van der Waals surface area contributed by atoms with Gasteiger partial charge in [-0.2, -0.15) is 0 Å². The van der Waals surface area contributed by atoms with E-state index < -0.39 is 0 Å². The molecular formula is C28H33N3O4. The lowest BCUT2D eigenvalue weighted by Gasteiger charge is -2.39. The highest BCUT2D eigenvalue weighted by molar-refractivity contribution is 5.91. The molecule has 7 heteroatoms. The van der Waals surface area contributed by atoms with Gasteiger partial charge in [-0.25, -0.2) is 4.98 Å². The van der Waals surface area contributed by atoms with Gasteiger partial charge in [0, 0.05) is 19.0 Å². The molecule has 1 aliphatic rings. The van der Waals surface area contributed by atoms with Gasteiger partial charge in [-0.15, -0.1) is 0 Å². The molecule has 1 atom stereocenters. The predicted molar refractivity (Wildman–Crippen MR) is 133 cm³/mol. The standard InChI is InChI=1S/C28H33N3O4/c1-18(2)15-29-27(32)24-16-35-25(30-24)17-34-22-11-10-20-12-13-31(28(33)19(3)4)26(23(20)14-22)21-8-6-5-7-9-21/h5-11,14,16,18-19,26H,12-13,15,17H2,1-4H3,(H,29,32)/t26-/m0/s1. The average Bonchev–Trinajstić information content (AvgIpc) is 3.34. The van der Waals surface area contributed by atoms with Crippen LogP contribution in [-0.2, 0) is 17.8 Å². The number of amides is 2. The van der Waals surface area contributed by atoms with Crippen LogP contribution in [0.2, 0.25) is 0 Å². The maximum atomic E-state index is 13.1. The Morgan fingerprint density at radius 1 is 1.14 bits per heavy atom. The van der Waals surface area contributed by atoms with Crippen molar-refractivity contribution in [2.45, 2.75) is 46.8 Å². The average molecular weight is 476 g/mol. The quantitative estimate of drug-likeness (QED) is 0.507. The second-order valence-electron chi connectivity index (χ2n) is 9.63. The highest BCUT2D eigenvalue weighted by Crippen LogP contribution is 2.38. The van der Waals surface area contributed by atoms with E-state index in [9.17, 15) is 9.59 Å². The zero-order valence-corrected chi connectivity index (χ0v) is 20.8. The summed E-state index contributed by atoms with van der Waals surface area (Å²) in [5.74, 6) is 1.13. The maximum absolute atomic E-state index is 13.1. The second-order valence-corrected chi connectivity index (χ2v) is 9.63. The first-order valence-corrected chi connectivity index (χ1v) is 12.2. The summed E-state index contributed by atoms with van der Waals surface area (Å²) in [7, 11) is 0. The molecule has 0 saturated heterocycles. The molecule has 0 spiro atoms. The fraction of sp³-hybridized carbons (Fsp3) is 0.393. The maximum Gasteiger partial charge on any atom is 0.273 e. The van der Waals surface area contributed by atoms with Crippen LogP contribution in [0, 0.1) is 11.8 Å². The smallest absolute Gasteiger partial charge is 0.273 e. The lowest BCUT2D eigenvalue weighted by molar-refractivity contribution is -0.136. The first-order valence-electron chi connectivity index (χ1n) is 12.2. The monoisotopic (exact) mass is 475 g/mol. The van der Waals surface area contributed by atoms with Gasteiger partial charge in [-0.1, -0.05) is 64.1 Å². The number of rotatable bonds is 8. The number of oxazole rings is 1. The number of ether oxygens (including phenoxy) is 1. The van der Waals surface area contributed by atoms with Crippen molar-refractivity contribution < 1.29 is 18.7 Å². The first-order chi connectivity index (χ1) is 16.8. The highest BCUT2D eigenvalue weighted by atomic mass is 16.5. The number of nitrogens with one attached hydrogen (secondary N) is 1. The second kappa shape index (κ2) is 10.8. The van der Waals surface area contributed by atoms with Crippen LogP contribution in [0.5, 0.6) is 5.75 Å². The van der Waals surface area contributed by atoms with E-state index >= 15 is 0 Å². The Bertz CT molecular complexity index is 1170. The number of carbonyl (C=O) groups excluding carboxylic acids is 2. The van der Waals surface area contributed by atoms with Crippen molar-refractivity contribution in [3.05, 3.63) is 83.1 Å². The summed E-state index contributed by atoms with van der Waals surface area (Å²) in [4.78, 5) is 31.5. The van der Waals surface area contributed by atoms with Gasteiger partial charge in [0.15, 0.2) is 12.3 Å². The van der Waals surface area contributed by atoms with E-state index in [4.69, 9.17) is 9.15 Å². The summed E-state index contributed by atoms with van der Waals surface area (Å²) >= 11 is 0. The molecule has 1 aliphatic heterocycles. The number of aromatic nitrogens is 1. The molecule has 35 heavy (non-hydrogen) atoms. The molecule has 1 aromatic heterocycles. The first kappa shape index (κ1) is 24.5. The van der Waals surface area contributed by atoms with Crippen LogP contribution in [0.4, 0.5) is 0 Å². The zero-order chi connectivity index (χ0) is 24.9. The Hall–Kier alpha value is -3.61. The van der Waals surface area contributed by atoms with E-state index in [0.717, 1.165) is 17.5 Å². The van der Waals surface area contributed by atoms with Crippen LogP contribution in [0.15, 0.2) is 59.2 Å². The molecule has 4 rings (SSSR count). The number of hydrogen-bond donors (Lipinski definition) is 1. The van der Waals surface area contributed by atoms with Gasteiger partial charge in [-0.3, -0.25) is 9.59 Å². The molecule has 0 fully saturated rings. The van der Waals surface area contributed by atoms with Crippen LogP contribution in [0.3, 0.4) is 0 Å². The largest absolute Gasteiger partial charge is 0.484 e. The minimum absolute atomic E-state index is 0.0841. The Balaban J connectivity index is 1.53. The van der Waals surface area contributed by atoms with Crippen LogP contribution in [-0.4, -0.2) is 34.8 Å². The van der Waals surface area contributed by atoms with Gasteiger partial charge in [0.2, 0.25) is 11.8 Å². The summed E-state index contributed by atoms with van der Waals surface area (Å²) < 4.78 is 11.4. The van der Waals surface area contributed by atoms with Gasteiger partial charge in [0.1, 0.15) is 12.0 Å². The van der Waals surface area contributed by atoms with E-state index in [0.29, 0.717) is 30.6 Å². The van der Waals surface area contributed by atoms with E-state index in [2.05, 4.69) is 28.5 Å². The molecule has 2 aromatic carbocycles. The molecule has 0 saturated carbocycles. The summed E-state index contributed by atoms with van der Waals surface area (Å²) in [5, 5.41) is 2.83. The van der Waals surface area contributed by atoms with Crippen molar-refractivity contribution in [2.24, 2.45) is 11.8 Å². The summed E-state index contributed by atoms with van der Waals surface area (Å²) in [5.41, 5.74) is 3.58. The Morgan fingerprint density at radius 3 is 2.63 bits per heavy atom. The molecule has 0 bridgehead atoms. The molecule has 2 heterocycles. The molecule has 7 nitrogen and oxygen atoms in total. The van der Waals surface area contributed by atoms with Crippen LogP contribution in [0.25, 0.3) is 0 Å². The van der Waals surface area contributed by atoms with Crippen molar-refractivity contribution in [3.8, 4) is 5.75 Å². The van der Waals surface area contributed by atoms with E-state index in [-0.39, 0.29) is 36.1 Å². The Morgan fingerprint density at radius 2 is 1.91 bits per heavy atom. The molecule has 184 valence electrons. The van der Waals surface area contributed by atoms with Crippen LogP contribution >= 0.6 is 0 Å². The van der Waals surface area contributed by atoms with Crippen LogP contribution < -0.4 is 10.1 Å². The van der Waals surface area contributed by atoms with Gasteiger partial charge < -0.3 is 19.4 Å². The normalized spacial score (nSPS) is 15.3. The van der Waals surface area contributed by atoms with Crippen molar-refractivity contribution in [1.29, 1.82) is 0 Å². The van der Waals surface area contributed by atoms with Gasteiger partial charge in [0.25, 0.3) is 5.91 Å². The third-order valence-electron chi connectivity index (χ3n) is 6.06. The minimum Gasteiger partial charge on any atom is -0.484 e. The number of benzene rings is 2. The number of nitrogens with zero attached hydrogens (tertiary/aromatic N) is 2. The molecule has 0 radical (unpaired) electrons. The van der Waals surface area contributed by atoms with Crippen LogP contribution in [0.1, 0.15) is 66.8 Å².